The van der Waals surface area contributed by atoms with Crippen LogP contribution in [0.25, 0.3) is 11.3 Å². The highest BCUT2D eigenvalue weighted by atomic mass is 19.4. The molecule has 4 heterocycles. The minimum absolute atomic E-state index is 0.0534. The topological polar surface area (TPSA) is 91.5 Å². The van der Waals surface area contributed by atoms with Gasteiger partial charge in [-0.3, -0.25) is 9.78 Å². The van der Waals surface area contributed by atoms with Crippen LogP contribution in [0.15, 0.2) is 53.3 Å². The molecule has 0 bridgehead atoms. The first-order valence-corrected chi connectivity index (χ1v) is 10.1. The van der Waals surface area contributed by atoms with Gasteiger partial charge in [0.15, 0.2) is 11.6 Å². The number of anilines is 2. The second-order valence-corrected chi connectivity index (χ2v) is 7.67. The summed E-state index contributed by atoms with van der Waals surface area (Å²) in [7, 11) is 0. The monoisotopic (exact) mass is 446 g/mol. The summed E-state index contributed by atoms with van der Waals surface area (Å²) < 4.78 is 45.5. The maximum atomic E-state index is 13.3. The van der Waals surface area contributed by atoms with Crippen molar-refractivity contribution in [2.24, 2.45) is 0 Å². The zero-order valence-electron chi connectivity index (χ0n) is 17.1. The number of amides is 1. The van der Waals surface area contributed by atoms with E-state index < -0.39 is 23.8 Å². The van der Waals surface area contributed by atoms with Crippen LogP contribution >= 0.6 is 0 Å². The molecular formula is C22H21F3N4O3. The summed E-state index contributed by atoms with van der Waals surface area (Å²) in [5.74, 6) is -0.107. The zero-order valence-corrected chi connectivity index (χ0v) is 17.1. The molecule has 1 aliphatic rings. The molecule has 1 amide bonds. The number of hydrogen-bond acceptors (Lipinski definition) is 6. The molecule has 0 aliphatic carbocycles. The van der Waals surface area contributed by atoms with E-state index in [0.717, 1.165) is 12.3 Å². The van der Waals surface area contributed by atoms with Gasteiger partial charge < -0.3 is 19.7 Å². The van der Waals surface area contributed by atoms with Crippen molar-refractivity contribution in [1.29, 1.82) is 0 Å². The van der Waals surface area contributed by atoms with Crippen molar-refractivity contribution in [2.45, 2.75) is 38.1 Å². The fourth-order valence-electron chi connectivity index (χ4n) is 3.71. The number of halogens is 3. The predicted octanol–water partition coefficient (Wildman–Crippen LogP) is 4.36. The Kier molecular flexibility index (Phi) is 5.88. The van der Waals surface area contributed by atoms with Gasteiger partial charge in [-0.2, -0.15) is 13.2 Å². The average Bonchev–Trinajstić information content (AvgIpc) is 3.25. The highest BCUT2D eigenvalue weighted by molar-refractivity contribution is 6.04. The van der Waals surface area contributed by atoms with Crippen LogP contribution in [0.2, 0.25) is 0 Å². The number of pyridine rings is 2. The van der Waals surface area contributed by atoms with E-state index in [9.17, 15) is 23.1 Å². The van der Waals surface area contributed by atoms with Gasteiger partial charge in [0.1, 0.15) is 5.76 Å². The lowest BCUT2D eigenvalue weighted by atomic mass is 10.0. The largest absolute Gasteiger partial charge is 0.451 e. The highest BCUT2D eigenvalue weighted by Gasteiger charge is 2.34. The van der Waals surface area contributed by atoms with Gasteiger partial charge in [0, 0.05) is 36.7 Å². The summed E-state index contributed by atoms with van der Waals surface area (Å²) in [4.78, 5) is 22.5. The van der Waals surface area contributed by atoms with Gasteiger partial charge in [0.2, 0.25) is 0 Å². The van der Waals surface area contributed by atoms with Gasteiger partial charge in [-0.1, -0.05) is 0 Å². The molecule has 1 aliphatic heterocycles. The summed E-state index contributed by atoms with van der Waals surface area (Å²) in [6.45, 7) is 2.25. The first kappa shape index (κ1) is 21.8. The maximum absolute atomic E-state index is 13.3. The number of rotatable bonds is 4. The number of aliphatic hydroxyl groups excluding tert-OH is 1. The summed E-state index contributed by atoms with van der Waals surface area (Å²) in [6.07, 6.45) is -0.296. The number of furan rings is 1. The van der Waals surface area contributed by atoms with Crippen LogP contribution in [0.5, 0.6) is 0 Å². The molecule has 3 aromatic rings. The molecule has 2 N–H and O–H groups in total. The fraction of sp³-hybridized carbons (Fsp3) is 0.318. The van der Waals surface area contributed by atoms with Gasteiger partial charge in [-0.05, 0) is 50.1 Å². The number of alkyl halides is 3. The lowest BCUT2D eigenvalue weighted by Crippen LogP contribution is -2.43. The highest BCUT2D eigenvalue weighted by Crippen LogP contribution is 2.36. The summed E-state index contributed by atoms with van der Waals surface area (Å²) in [6, 6.07) is 7.17. The summed E-state index contributed by atoms with van der Waals surface area (Å²) >= 11 is 0. The third-order valence-corrected chi connectivity index (χ3v) is 5.36. The normalized spacial score (nSPS) is 19.1. The Morgan fingerprint density at radius 3 is 2.69 bits per heavy atom. The van der Waals surface area contributed by atoms with Crippen LogP contribution in [0, 0.1) is 0 Å². The zero-order chi connectivity index (χ0) is 22.9. The number of aliphatic hydroxyl groups is 1. The number of aromatic nitrogens is 2. The van der Waals surface area contributed by atoms with Crippen molar-refractivity contribution >= 4 is 17.4 Å². The summed E-state index contributed by atoms with van der Waals surface area (Å²) in [5.41, 5.74) is -0.339. The molecular weight excluding hydrogens is 425 g/mol. The van der Waals surface area contributed by atoms with Gasteiger partial charge in [0.05, 0.1) is 17.4 Å². The molecule has 1 saturated heterocycles. The van der Waals surface area contributed by atoms with Crippen LogP contribution in [-0.2, 0) is 6.18 Å². The molecule has 168 valence electrons. The van der Waals surface area contributed by atoms with Crippen molar-refractivity contribution in [3.63, 3.8) is 0 Å². The molecule has 0 saturated carbocycles. The van der Waals surface area contributed by atoms with Crippen LogP contribution in [-0.4, -0.2) is 39.7 Å². The predicted molar refractivity (Wildman–Crippen MR) is 111 cm³/mol. The second-order valence-electron chi connectivity index (χ2n) is 7.67. The first-order valence-electron chi connectivity index (χ1n) is 10.1. The number of carbonyl (C=O) groups is 1. The smallest absolute Gasteiger partial charge is 0.417 e. The molecule has 10 heteroatoms. The SMILES string of the molecule is C[C@@H]1C[C@@H](O)CCN1c1ncc(C(F)(F)F)cc1NC(=O)c1ccc(-c2ccncc2)o1. The van der Waals surface area contributed by atoms with Crippen LogP contribution in [0.1, 0.15) is 35.9 Å². The van der Waals surface area contributed by atoms with E-state index in [1.165, 1.54) is 6.07 Å². The van der Waals surface area contributed by atoms with E-state index >= 15 is 0 Å². The second kappa shape index (κ2) is 8.62. The molecule has 1 fully saturated rings. The molecule has 0 aromatic carbocycles. The van der Waals surface area contributed by atoms with Crippen LogP contribution in [0.4, 0.5) is 24.7 Å². The third kappa shape index (κ3) is 4.59. The van der Waals surface area contributed by atoms with Crippen LogP contribution < -0.4 is 10.2 Å². The van der Waals surface area contributed by atoms with Crippen molar-refractivity contribution in [1.82, 2.24) is 9.97 Å². The Morgan fingerprint density at radius 2 is 2.00 bits per heavy atom. The lowest BCUT2D eigenvalue weighted by Gasteiger charge is -2.37. The van der Waals surface area contributed by atoms with E-state index in [-0.39, 0.29) is 23.3 Å². The Morgan fingerprint density at radius 1 is 1.25 bits per heavy atom. The standard InChI is InChI=1S/C22H21F3N4O3/c1-13-10-16(30)6-9-29(13)20-17(11-15(12-27-20)22(23,24)25)28-21(31)19-3-2-18(32-19)14-4-7-26-8-5-14/h2-5,7-8,11-13,16,30H,6,9-10H2,1H3,(H,28,31)/t13-,16+/m1/s1. The van der Waals surface area contributed by atoms with Gasteiger partial charge in [-0.15, -0.1) is 0 Å². The Balaban J connectivity index is 1.64. The van der Waals surface area contributed by atoms with Crippen LogP contribution in [0.3, 0.4) is 0 Å². The summed E-state index contributed by atoms with van der Waals surface area (Å²) in [5, 5.41) is 12.4. The van der Waals surface area contributed by atoms with Crippen molar-refractivity contribution in [2.75, 3.05) is 16.8 Å². The van der Waals surface area contributed by atoms with Crippen molar-refractivity contribution in [3.05, 3.63) is 60.2 Å². The Bertz CT molecular complexity index is 1100. The molecule has 0 spiro atoms. The fourth-order valence-corrected chi connectivity index (χ4v) is 3.71. The molecule has 0 radical (unpaired) electrons. The van der Waals surface area contributed by atoms with E-state index in [2.05, 4.69) is 15.3 Å². The minimum Gasteiger partial charge on any atom is -0.451 e. The van der Waals surface area contributed by atoms with Gasteiger partial charge in [-0.25, -0.2) is 4.98 Å². The molecule has 32 heavy (non-hydrogen) atoms. The number of nitrogens with one attached hydrogen (secondary N) is 1. The lowest BCUT2D eigenvalue weighted by molar-refractivity contribution is -0.137. The van der Waals surface area contributed by atoms with Crippen molar-refractivity contribution < 1.29 is 27.5 Å². The number of nitrogens with zero attached hydrogens (tertiary/aromatic N) is 3. The molecule has 4 rings (SSSR count). The van der Waals surface area contributed by atoms with Crippen molar-refractivity contribution in [3.8, 4) is 11.3 Å². The first-order chi connectivity index (χ1) is 15.2. The maximum Gasteiger partial charge on any atom is 0.417 e. The molecule has 0 unspecified atom stereocenters. The van der Waals surface area contributed by atoms with E-state index in [4.69, 9.17) is 4.42 Å². The Hall–Kier alpha value is -3.40. The quantitative estimate of drug-likeness (QED) is 0.619. The van der Waals surface area contributed by atoms with Gasteiger partial charge >= 0.3 is 6.18 Å². The number of carbonyl (C=O) groups excluding carboxylic acids is 1. The minimum atomic E-state index is -4.62. The molecule has 7 nitrogen and oxygen atoms in total. The third-order valence-electron chi connectivity index (χ3n) is 5.36. The Labute approximate surface area is 181 Å². The van der Waals surface area contributed by atoms with E-state index in [1.54, 1.807) is 35.5 Å². The number of piperidine rings is 1. The molecule has 3 aromatic heterocycles. The molecule has 2 atom stereocenters. The van der Waals surface area contributed by atoms with Gasteiger partial charge in [0.25, 0.3) is 5.91 Å². The van der Waals surface area contributed by atoms with E-state index in [0.29, 0.717) is 30.7 Å². The average molecular weight is 446 g/mol. The number of hydrogen-bond donors (Lipinski definition) is 2. The van der Waals surface area contributed by atoms with E-state index in [1.807, 2.05) is 6.92 Å².